The molecule has 0 aliphatic carbocycles. The van der Waals surface area contributed by atoms with Crippen LogP contribution >= 0.6 is 0 Å². The van der Waals surface area contributed by atoms with Crippen molar-refractivity contribution in [3.63, 3.8) is 0 Å². The monoisotopic (exact) mass is 281 g/mol. The van der Waals surface area contributed by atoms with Crippen LogP contribution in [-0.4, -0.2) is 18.0 Å². The Bertz CT molecular complexity index is 670. The highest BCUT2D eigenvalue weighted by Crippen LogP contribution is 2.15. The topological polar surface area (TPSA) is 58.6 Å². The van der Waals surface area contributed by atoms with Crippen molar-refractivity contribution in [1.29, 1.82) is 0 Å². The number of anilines is 1. The van der Waals surface area contributed by atoms with E-state index in [9.17, 15) is 9.82 Å². The number of benzene rings is 2. The van der Waals surface area contributed by atoms with Gasteiger partial charge in [0.1, 0.15) is 0 Å². The second-order valence-corrected chi connectivity index (χ2v) is 5.08. The molecule has 0 spiro atoms. The van der Waals surface area contributed by atoms with Gasteiger partial charge < -0.3 is 15.0 Å². The second kappa shape index (κ2) is 5.72. The van der Waals surface area contributed by atoms with Crippen LogP contribution in [0.5, 0.6) is 0 Å². The van der Waals surface area contributed by atoms with Gasteiger partial charge in [-0.15, -0.1) is 0 Å². The zero-order valence-corrected chi connectivity index (χ0v) is 11.8. The van der Waals surface area contributed by atoms with Crippen molar-refractivity contribution in [1.82, 2.24) is 0 Å². The van der Waals surface area contributed by atoms with Crippen molar-refractivity contribution in [2.75, 3.05) is 5.32 Å². The molecule has 4 nitrogen and oxygen atoms in total. The number of aryl methyl sites for hydroxylation is 1. The van der Waals surface area contributed by atoms with E-state index >= 15 is 0 Å². The predicted molar refractivity (Wildman–Crippen MR) is 82.6 cm³/mol. The summed E-state index contributed by atoms with van der Waals surface area (Å²) in [5.41, 5.74) is 4.14. The van der Waals surface area contributed by atoms with Crippen LogP contribution in [0.2, 0.25) is 0 Å². The number of hydrogen-bond donors (Lipinski definition) is 2. The Labute approximate surface area is 123 Å². The third-order valence-corrected chi connectivity index (χ3v) is 3.69. The molecule has 21 heavy (non-hydrogen) atoms. The number of amides is 1. The minimum atomic E-state index is -0.902. The van der Waals surface area contributed by atoms with E-state index in [-0.39, 0.29) is 5.91 Å². The number of nitrogens with one attached hydrogen (secondary N) is 1. The van der Waals surface area contributed by atoms with E-state index in [2.05, 4.69) is 12.2 Å². The zero-order valence-electron chi connectivity index (χ0n) is 11.8. The van der Waals surface area contributed by atoms with Gasteiger partial charge in [-0.05, 0) is 47.3 Å². The molecule has 1 aliphatic heterocycles. The fourth-order valence-corrected chi connectivity index (χ4v) is 2.39. The van der Waals surface area contributed by atoms with Crippen molar-refractivity contribution in [3.8, 4) is 0 Å². The maximum absolute atomic E-state index is 12.2. The normalized spacial score (nSPS) is 13.1. The van der Waals surface area contributed by atoms with Gasteiger partial charge in [-0.1, -0.05) is 25.1 Å². The lowest BCUT2D eigenvalue weighted by Crippen LogP contribution is -2.28. The van der Waals surface area contributed by atoms with Crippen LogP contribution < -0.4 is 10.8 Å². The molecule has 0 radical (unpaired) electrons. The summed E-state index contributed by atoms with van der Waals surface area (Å²) in [6.07, 6.45) is 0.949. The molecule has 0 atom stereocenters. The zero-order chi connectivity index (χ0) is 14.8. The average molecular weight is 281 g/mol. The first kappa shape index (κ1) is 13.9. The maximum Gasteiger partial charge on any atom is 0.491 e. The van der Waals surface area contributed by atoms with E-state index in [1.54, 1.807) is 6.07 Å². The van der Waals surface area contributed by atoms with Crippen LogP contribution in [0.1, 0.15) is 28.4 Å². The first-order chi connectivity index (χ1) is 10.2. The van der Waals surface area contributed by atoms with Gasteiger partial charge in [-0.25, -0.2) is 0 Å². The summed E-state index contributed by atoms with van der Waals surface area (Å²) >= 11 is 0. The molecule has 5 heteroatoms. The molecule has 0 saturated carbocycles. The van der Waals surface area contributed by atoms with Crippen LogP contribution in [0.25, 0.3) is 0 Å². The van der Waals surface area contributed by atoms with Crippen molar-refractivity contribution >= 4 is 24.2 Å². The van der Waals surface area contributed by atoms with Gasteiger partial charge >= 0.3 is 7.12 Å². The van der Waals surface area contributed by atoms with Gasteiger partial charge in [-0.3, -0.25) is 4.79 Å². The Morgan fingerprint density at radius 1 is 1.29 bits per heavy atom. The molecule has 1 amide bonds. The molecule has 0 bridgehead atoms. The van der Waals surface area contributed by atoms with Gasteiger partial charge in [-0.2, -0.15) is 0 Å². The highest BCUT2D eigenvalue weighted by atomic mass is 16.5. The quantitative estimate of drug-likeness (QED) is 0.842. The molecule has 1 aliphatic rings. The Morgan fingerprint density at radius 2 is 2.05 bits per heavy atom. The average Bonchev–Trinajstić information content (AvgIpc) is 2.88. The van der Waals surface area contributed by atoms with E-state index < -0.39 is 7.12 Å². The first-order valence-corrected chi connectivity index (χ1v) is 7.00. The molecule has 2 N–H and O–H groups in total. The summed E-state index contributed by atoms with van der Waals surface area (Å²) in [7, 11) is -0.902. The Hall–Kier alpha value is -2.11. The fourth-order valence-electron chi connectivity index (χ4n) is 2.39. The molecule has 0 fully saturated rings. The minimum absolute atomic E-state index is 0.161. The lowest BCUT2D eigenvalue weighted by Gasteiger charge is -2.08. The number of carbonyl (C=O) groups is 1. The van der Waals surface area contributed by atoms with E-state index in [1.807, 2.05) is 36.4 Å². The largest absolute Gasteiger partial charge is 0.491 e. The number of hydrogen-bond acceptors (Lipinski definition) is 3. The summed E-state index contributed by atoms with van der Waals surface area (Å²) in [5.74, 6) is -0.161. The first-order valence-electron chi connectivity index (χ1n) is 7.00. The molecule has 0 aromatic heterocycles. The van der Waals surface area contributed by atoms with Gasteiger partial charge in [0, 0.05) is 11.3 Å². The SMILES string of the molecule is CCc1ccc(C(=O)Nc2ccc3c(c2)B(O)OC3)cc1. The molecular weight excluding hydrogens is 265 g/mol. The summed E-state index contributed by atoms with van der Waals surface area (Å²) in [5, 5.41) is 12.5. The van der Waals surface area contributed by atoms with Gasteiger partial charge in [0.2, 0.25) is 0 Å². The minimum Gasteiger partial charge on any atom is -0.423 e. The molecule has 3 rings (SSSR count). The lowest BCUT2D eigenvalue weighted by molar-refractivity contribution is 0.102. The van der Waals surface area contributed by atoms with E-state index in [0.29, 0.717) is 23.3 Å². The van der Waals surface area contributed by atoms with Crippen molar-refractivity contribution in [3.05, 3.63) is 59.2 Å². The smallest absolute Gasteiger partial charge is 0.423 e. The Balaban J connectivity index is 1.76. The molecule has 0 unspecified atom stereocenters. The highest BCUT2D eigenvalue weighted by molar-refractivity contribution is 6.61. The summed E-state index contributed by atoms with van der Waals surface area (Å²) in [4.78, 5) is 12.2. The molecule has 106 valence electrons. The van der Waals surface area contributed by atoms with Crippen LogP contribution in [0.15, 0.2) is 42.5 Å². The van der Waals surface area contributed by atoms with Crippen LogP contribution in [-0.2, 0) is 17.7 Å². The predicted octanol–water partition coefficient (Wildman–Crippen LogP) is 1.72. The highest BCUT2D eigenvalue weighted by Gasteiger charge is 2.27. The molecule has 1 heterocycles. The fraction of sp³-hybridized carbons (Fsp3) is 0.188. The summed E-state index contributed by atoms with van der Waals surface area (Å²) in [6.45, 7) is 2.48. The van der Waals surface area contributed by atoms with E-state index in [1.165, 1.54) is 5.56 Å². The molecular formula is C16H16BNO3. The standard InChI is InChI=1S/C16H16BNO3/c1-2-11-3-5-12(6-4-11)16(19)18-14-8-7-13-10-21-17(20)15(13)9-14/h3-9,20H,2,10H2,1H3,(H,18,19). The third kappa shape index (κ3) is 2.84. The van der Waals surface area contributed by atoms with E-state index in [0.717, 1.165) is 12.0 Å². The van der Waals surface area contributed by atoms with Gasteiger partial charge in [0.05, 0.1) is 6.61 Å². The Kier molecular flexibility index (Phi) is 3.77. The molecule has 2 aromatic rings. The van der Waals surface area contributed by atoms with Crippen LogP contribution in [0, 0.1) is 0 Å². The summed E-state index contributed by atoms with van der Waals surface area (Å²) in [6, 6.07) is 13.0. The summed E-state index contributed by atoms with van der Waals surface area (Å²) < 4.78 is 5.14. The second-order valence-electron chi connectivity index (χ2n) is 5.08. The van der Waals surface area contributed by atoms with Gasteiger partial charge in [0.15, 0.2) is 0 Å². The lowest BCUT2D eigenvalue weighted by atomic mass is 9.79. The van der Waals surface area contributed by atoms with Crippen molar-refractivity contribution < 1.29 is 14.5 Å². The van der Waals surface area contributed by atoms with E-state index in [4.69, 9.17) is 4.65 Å². The van der Waals surface area contributed by atoms with Crippen LogP contribution in [0.3, 0.4) is 0 Å². The molecule has 2 aromatic carbocycles. The maximum atomic E-state index is 12.2. The number of carbonyl (C=O) groups excluding carboxylic acids is 1. The van der Waals surface area contributed by atoms with Crippen LogP contribution in [0.4, 0.5) is 5.69 Å². The number of rotatable bonds is 3. The number of fused-ring (bicyclic) bond motifs is 1. The third-order valence-electron chi connectivity index (χ3n) is 3.69. The molecule has 0 saturated heterocycles. The Morgan fingerprint density at radius 3 is 2.76 bits per heavy atom. The van der Waals surface area contributed by atoms with Gasteiger partial charge in [0.25, 0.3) is 5.91 Å². The van der Waals surface area contributed by atoms with Crippen molar-refractivity contribution in [2.45, 2.75) is 20.0 Å². The van der Waals surface area contributed by atoms with Crippen molar-refractivity contribution in [2.24, 2.45) is 0 Å².